The van der Waals surface area contributed by atoms with E-state index < -0.39 is 30.1 Å². The molecule has 1 heterocycles. The minimum Gasteiger partial charge on any atom is -0.388 e. The molecule has 4 rings (SSSR count). The summed E-state index contributed by atoms with van der Waals surface area (Å²) in [5, 5.41) is 22.8. The van der Waals surface area contributed by atoms with E-state index in [4.69, 9.17) is 9.72 Å². The molecule has 2 N–H and O–H groups in total. The van der Waals surface area contributed by atoms with Gasteiger partial charge in [-0.3, -0.25) is 4.98 Å². The van der Waals surface area contributed by atoms with E-state index in [2.05, 4.69) is 13.8 Å². The second kappa shape index (κ2) is 9.25. The first-order valence-electron chi connectivity index (χ1n) is 12.1. The first-order chi connectivity index (χ1) is 15.9. The van der Waals surface area contributed by atoms with E-state index >= 15 is 0 Å². The Hall–Kier alpha value is -1.96. The first kappa shape index (κ1) is 25.1. The molecule has 0 bridgehead atoms. The lowest BCUT2D eigenvalue weighted by atomic mass is 9.70. The zero-order valence-corrected chi connectivity index (χ0v) is 20.2. The number of fused-ring (bicyclic) bond motifs is 1. The third-order valence-electron chi connectivity index (χ3n) is 7.45. The number of halogens is 3. The number of benzene rings is 1. The molecule has 1 saturated carbocycles. The third kappa shape index (κ3) is 4.75. The fourth-order valence-corrected chi connectivity index (χ4v) is 5.78. The van der Waals surface area contributed by atoms with Crippen molar-refractivity contribution in [2.24, 2.45) is 5.41 Å². The molecule has 2 unspecified atom stereocenters. The highest BCUT2D eigenvalue weighted by Crippen LogP contribution is 2.50. The van der Waals surface area contributed by atoms with E-state index in [0.717, 1.165) is 54.6 Å². The Balaban J connectivity index is 1.98. The monoisotopic (exact) mass is 477 g/mol. The van der Waals surface area contributed by atoms with Crippen LogP contribution in [0.15, 0.2) is 24.3 Å². The van der Waals surface area contributed by atoms with Crippen molar-refractivity contribution >= 4 is 0 Å². The Labute approximate surface area is 199 Å². The number of alkyl halides is 3. The highest BCUT2D eigenvalue weighted by Gasteiger charge is 2.40. The summed E-state index contributed by atoms with van der Waals surface area (Å²) in [4.78, 5) is 4.91. The number of pyridine rings is 1. The fraction of sp³-hybridized carbons (Fsp3) is 0.593. The minimum absolute atomic E-state index is 0.117. The Morgan fingerprint density at radius 2 is 1.82 bits per heavy atom. The largest absolute Gasteiger partial charge is 0.416 e. The van der Waals surface area contributed by atoms with Gasteiger partial charge in [0.15, 0.2) is 0 Å². The van der Waals surface area contributed by atoms with Gasteiger partial charge in [-0.1, -0.05) is 38.8 Å². The van der Waals surface area contributed by atoms with Crippen LogP contribution in [0, 0.1) is 5.41 Å². The average Bonchev–Trinajstić information content (AvgIpc) is 3.30. The van der Waals surface area contributed by atoms with Crippen LogP contribution < -0.4 is 0 Å². The van der Waals surface area contributed by atoms with E-state index in [1.54, 1.807) is 7.11 Å². The number of rotatable bonds is 5. The number of ether oxygens (including phenoxy) is 1. The summed E-state index contributed by atoms with van der Waals surface area (Å²) in [6, 6.07) is 4.84. The van der Waals surface area contributed by atoms with Gasteiger partial charge in [0.05, 0.1) is 23.5 Å². The van der Waals surface area contributed by atoms with Gasteiger partial charge in [0.25, 0.3) is 0 Å². The molecule has 2 aromatic rings. The molecule has 34 heavy (non-hydrogen) atoms. The van der Waals surface area contributed by atoms with Crippen LogP contribution in [0.2, 0.25) is 0 Å². The molecule has 1 aromatic heterocycles. The average molecular weight is 478 g/mol. The van der Waals surface area contributed by atoms with Gasteiger partial charge in [-0.05, 0) is 67.2 Å². The van der Waals surface area contributed by atoms with Gasteiger partial charge in [-0.25, -0.2) is 0 Å². The number of hydrogen-bond acceptors (Lipinski definition) is 4. The van der Waals surface area contributed by atoms with Crippen molar-refractivity contribution in [1.82, 2.24) is 4.98 Å². The summed E-state index contributed by atoms with van der Waals surface area (Å²) in [7, 11) is 1.56. The SMILES string of the molecule is COC(C)c1nc2c(c(C3CCCC3)c1C(O)c1cccc(C(F)(F)F)c1)[C@@H](O)CC(C)(C)C2. The van der Waals surface area contributed by atoms with Gasteiger partial charge in [-0.15, -0.1) is 0 Å². The van der Waals surface area contributed by atoms with Crippen LogP contribution in [0.3, 0.4) is 0 Å². The number of nitrogens with zero attached hydrogens (tertiary/aromatic N) is 1. The lowest BCUT2D eigenvalue weighted by Gasteiger charge is -2.38. The summed E-state index contributed by atoms with van der Waals surface area (Å²) in [5.74, 6) is 0.117. The maximum absolute atomic E-state index is 13.4. The summed E-state index contributed by atoms with van der Waals surface area (Å²) in [6.45, 7) is 6.03. The minimum atomic E-state index is -4.51. The van der Waals surface area contributed by atoms with Gasteiger partial charge in [-0.2, -0.15) is 13.2 Å². The number of methoxy groups -OCH3 is 1. The van der Waals surface area contributed by atoms with E-state index in [9.17, 15) is 23.4 Å². The van der Waals surface area contributed by atoms with Crippen molar-refractivity contribution in [3.8, 4) is 0 Å². The maximum atomic E-state index is 13.4. The van der Waals surface area contributed by atoms with Gasteiger partial charge in [0.2, 0.25) is 0 Å². The predicted molar refractivity (Wildman–Crippen MR) is 123 cm³/mol. The van der Waals surface area contributed by atoms with Crippen LogP contribution in [0.4, 0.5) is 13.2 Å². The molecule has 7 heteroatoms. The molecule has 0 amide bonds. The molecule has 1 aromatic carbocycles. The van der Waals surface area contributed by atoms with E-state index in [1.165, 1.54) is 12.1 Å². The Morgan fingerprint density at radius 1 is 1.15 bits per heavy atom. The third-order valence-corrected chi connectivity index (χ3v) is 7.45. The molecule has 186 valence electrons. The highest BCUT2D eigenvalue weighted by atomic mass is 19.4. The maximum Gasteiger partial charge on any atom is 0.416 e. The molecule has 1 fully saturated rings. The van der Waals surface area contributed by atoms with Crippen molar-refractivity contribution in [1.29, 1.82) is 0 Å². The van der Waals surface area contributed by atoms with Crippen molar-refractivity contribution in [2.75, 3.05) is 7.11 Å². The lowest BCUT2D eigenvalue weighted by Crippen LogP contribution is -2.30. The van der Waals surface area contributed by atoms with Crippen molar-refractivity contribution in [3.63, 3.8) is 0 Å². The predicted octanol–water partition coefficient (Wildman–Crippen LogP) is 6.55. The zero-order chi connectivity index (χ0) is 24.8. The fourth-order valence-electron chi connectivity index (χ4n) is 5.78. The number of aromatic nitrogens is 1. The van der Waals surface area contributed by atoms with E-state index in [1.807, 2.05) is 6.92 Å². The van der Waals surface area contributed by atoms with Crippen LogP contribution >= 0.6 is 0 Å². The summed E-state index contributed by atoms with van der Waals surface area (Å²) < 4.78 is 45.9. The molecular weight excluding hydrogens is 443 g/mol. The number of hydrogen-bond donors (Lipinski definition) is 2. The molecule has 0 radical (unpaired) electrons. The zero-order valence-electron chi connectivity index (χ0n) is 20.2. The van der Waals surface area contributed by atoms with Gasteiger partial charge in [0, 0.05) is 23.9 Å². The van der Waals surface area contributed by atoms with E-state index in [0.29, 0.717) is 24.1 Å². The second-order valence-corrected chi connectivity index (χ2v) is 10.6. The van der Waals surface area contributed by atoms with Gasteiger partial charge in [0.1, 0.15) is 6.10 Å². The Bertz CT molecular complexity index is 1040. The van der Waals surface area contributed by atoms with Crippen LogP contribution in [0.25, 0.3) is 0 Å². The molecule has 2 aliphatic rings. The normalized spacial score (nSPS) is 22.4. The summed E-state index contributed by atoms with van der Waals surface area (Å²) in [6.07, 6.45) is -1.87. The smallest absolute Gasteiger partial charge is 0.388 e. The standard InChI is InChI=1S/C27H34F3NO3/c1-15(34-4)24-23(25(33)17-10-7-11-18(12-17)27(28,29)30)21(16-8-5-6-9-16)22-19(31-24)13-26(2,3)14-20(22)32/h7,10-12,15-16,20,25,32-33H,5-6,8-9,13-14H2,1-4H3/t15?,20-,25?/m0/s1. The number of aliphatic hydroxyl groups is 2. The van der Waals surface area contributed by atoms with E-state index in [-0.39, 0.29) is 16.9 Å². The Kier molecular flexibility index (Phi) is 6.84. The summed E-state index contributed by atoms with van der Waals surface area (Å²) in [5.41, 5.74) is 2.70. The quantitative estimate of drug-likeness (QED) is 0.512. The highest BCUT2D eigenvalue weighted by molar-refractivity contribution is 5.50. The van der Waals surface area contributed by atoms with Crippen LogP contribution in [0.1, 0.15) is 116 Å². The molecule has 0 spiro atoms. The van der Waals surface area contributed by atoms with Crippen LogP contribution in [-0.4, -0.2) is 22.3 Å². The van der Waals surface area contributed by atoms with Crippen LogP contribution in [0.5, 0.6) is 0 Å². The first-order valence-corrected chi connectivity index (χ1v) is 12.1. The molecular formula is C27H34F3NO3. The van der Waals surface area contributed by atoms with Crippen LogP contribution in [-0.2, 0) is 17.3 Å². The molecule has 0 saturated heterocycles. The molecule has 2 aliphatic carbocycles. The molecule has 0 aliphatic heterocycles. The van der Waals surface area contributed by atoms with Crippen molar-refractivity contribution in [2.45, 2.75) is 89.7 Å². The van der Waals surface area contributed by atoms with Gasteiger partial charge < -0.3 is 14.9 Å². The molecule has 3 atom stereocenters. The Morgan fingerprint density at radius 3 is 2.44 bits per heavy atom. The summed E-state index contributed by atoms with van der Waals surface area (Å²) >= 11 is 0. The van der Waals surface area contributed by atoms with Crippen molar-refractivity contribution < 1.29 is 28.1 Å². The second-order valence-electron chi connectivity index (χ2n) is 10.6. The van der Waals surface area contributed by atoms with Gasteiger partial charge >= 0.3 is 6.18 Å². The van der Waals surface area contributed by atoms with Crippen molar-refractivity contribution in [3.05, 3.63) is 63.5 Å². The molecule has 4 nitrogen and oxygen atoms in total. The lowest BCUT2D eigenvalue weighted by molar-refractivity contribution is -0.137. The number of aliphatic hydroxyl groups excluding tert-OH is 2. The topological polar surface area (TPSA) is 62.6 Å².